The molecule has 1 aromatic rings. The summed E-state index contributed by atoms with van der Waals surface area (Å²) in [7, 11) is 0. The molecule has 0 saturated heterocycles. The summed E-state index contributed by atoms with van der Waals surface area (Å²) < 4.78 is 5.44. The lowest BCUT2D eigenvalue weighted by Gasteiger charge is -2.29. The fraction of sp³-hybridized carbons (Fsp3) is 0.619. The summed E-state index contributed by atoms with van der Waals surface area (Å²) in [6, 6.07) is 7.70. The number of hydrogen-bond acceptors (Lipinski definition) is 4. The molecule has 1 atom stereocenters. The zero-order chi connectivity index (χ0) is 19.6. The number of anilines is 1. The average molecular weight is 376 g/mol. The molecule has 27 heavy (non-hydrogen) atoms. The van der Waals surface area contributed by atoms with Crippen LogP contribution in [0.25, 0.3) is 0 Å². The first kappa shape index (κ1) is 21.2. The van der Waals surface area contributed by atoms with Gasteiger partial charge < -0.3 is 19.9 Å². The van der Waals surface area contributed by atoms with Crippen molar-refractivity contribution < 1.29 is 14.3 Å². The van der Waals surface area contributed by atoms with Crippen molar-refractivity contribution in [2.45, 2.75) is 52.5 Å². The summed E-state index contributed by atoms with van der Waals surface area (Å²) in [5.41, 5.74) is 0.791. The van der Waals surface area contributed by atoms with Gasteiger partial charge in [0.2, 0.25) is 5.91 Å². The molecular formula is C21H33N3O3. The van der Waals surface area contributed by atoms with Crippen molar-refractivity contribution in [3.8, 4) is 5.75 Å². The van der Waals surface area contributed by atoms with Gasteiger partial charge in [-0.2, -0.15) is 0 Å². The van der Waals surface area contributed by atoms with Crippen LogP contribution >= 0.6 is 0 Å². The average Bonchev–Trinajstić information content (AvgIpc) is 2.67. The Kier molecular flexibility index (Phi) is 8.58. The maximum absolute atomic E-state index is 12.2. The third kappa shape index (κ3) is 6.54. The SMILES string of the molecule is CCN(CC)CCC[C@@H](C)NC(=O)CCCN1C(=O)COc2ccccc21. The lowest BCUT2D eigenvalue weighted by molar-refractivity contribution is -0.123. The number of benzene rings is 1. The first-order valence-electron chi connectivity index (χ1n) is 10.1. The summed E-state index contributed by atoms with van der Waals surface area (Å²) in [5.74, 6) is 0.724. The van der Waals surface area contributed by atoms with Gasteiger partial charge >= 0.3 is 0 Å². The normalized spacial score (nSPS) is 14.7. The van der Waals surface area contributed by atoms with E-state index in [1.54, 1.807) is 4.90 Å². The number of fused-ring (bicyclic) bond motifs is 1. The van der Waals surface area contributed by atoms with Crippen LogP contribution in [0, 0.1) is 0 Å². The van der Waals surface area contributed by atoms with E-state index in [2.05, 4.69) is 31.0 Å². The zero-order valence-corrected chi connectivity index (χ0v) is 16.9. The number of hydrogen-bond donors (Lipinski definition) is 1. The molecule has 2 rings (SSSR count). The molecule has 1 N–H and O–H groups in total. The first-order chi connectivity index (χ1) is 13.0. The second-order valence-corrected chi connectivity index (χ2v) is 7.04. The molecule has 0 bridgehead atoms. The van der Waals surface area contributed by atoms with Crippen molar-refractivity contribution >= 4 is 17.5 Å². The lowest BCUT2D eigenvalue weighted by Crippen LogP contribution is -2.40. The van der Waals surface area contributed by atoms with Crippen LogP contribution in [0.2, 0.25) is 0 Å². The predicted molar refractivity (Wildman–Crippen MR) is 108 cm³/mol. The minimum absolute atomic E-state index is 0.0549. The second-order valence-electron chi connectivity index (χ2n) is 7.04. The maximum atomic E-state index is 12.2. The number of amides is 2. The Morgan fingerprint density at radius 1 is 1.26 bits per heavy atom. The fourth-order valence-corrected chi connectivity index (χ4v) is 3.38. The summed E-state index contributed by atoms with van der Waals surface area (Å²) in [6.07, 6.45) is 3.13. The highest BCUT2D eigenvalue weighted by molar-refractivity contribution is 5.97. The molecule has 1 heterocycles. The van der Waals surface area contributed by atoms with Gasteiger partial charge in [0, 0.05) is 19.0 Å². The van der Waals surface area contributed by atoms with E-state index in [1.807, 2.05) is 24.3 Å². The Labute approximate surface area is 162 Å². The van der Waals surface area contributed by atoms with Crippen LogP contribution in [0.3, 0.4) is 0 Å². The topological polar surface area (TPSA) is 61.9 Å². The molecule has 2 amide bonds. The molecule has 0 unspecified atom stereocenters. The van der Waals surface area contributed by atoms with Crippen LogP contribution in [0.5, 0.6) is 5.75 Å². The molecule has 1 aliphatic rings. The highest BCUT2D eigenvalue weighted by Gasteiger charge is 2.24. The Balaban J connectivity index is 1.69. The number of para-hydroxylation sites is 2. The number of ether oxygens (including phenoxy) is 1. The summed E-state index contributed by atoms with van der Waals surface area (Å²) in [5, 5.41) is 3.07. The predicted octanol–water partition coefficient (Wildman–Crippen LogP) is 2.82. The van der Waals surface area contributed by atoms with Crippen molar-refractivity contribution in [1.29, 1.82) is 0 Å². The Morgan fingerprint density at radius 2 is 2.00 bits per heavy atom. The van der Waals surface area contributed by atoms with E-state index in [4.69, 9.17) is 4.74 Å². The molecule has 0 fully saturated rings. The van der Waals surface area contributed by atoms with Crippen LogP contribution in [0.15, 0.2) is 24.3 Å². The van der Waals surface area contributed by atoms with Crippen LogP contribution < -0.4 is 15.0 Å². The highest BCUT2D eigenvalue weighted by atomic mass is 16.5. The third-order valence-corrected chi connectivity index (χ3v) is 5.01. The van der Waals surface area contributed by atoms with Gasteiger partial charge in [0.15, 0.2) is 6.61 Å². The van der Waals surface area contributed by atoms with Crippen LogP contribution in [-0.2, 0) is 9.59 Å². The van der Waals surface area contributed by atoms with Gasteiger partial charge in [-0.25, -0.2) is 0 Å². The lowest BCUT2D eigenvalue weighted by atomic mass is 10.1. The number of rotatable bonds is 11. The third-order valence-electron chi connectivity index (χ3n) is 5.01. The monoisotopic (exact) mass is 375 g/mol. The smallest absolute Gasteiger partial charge is 0.265 e. The number of carbonyl (C=O) groups is 2. The second kappa shape index (κ2) is 10.9. The minimum atomic E-state index is -0.0566. The Bertz CT molecular complexity index is 616. The Morgan fingerprint density at radius 3 is 2.74 bits per heavy atom. The minimum Gasteiger partial charge on any atom is -0.482 e. The molecule has 1 aromatic carbocycles. The maximum Gasteiger partial charge on any atom is 0.265 e. The van der Waals surface area contributed by atoms with E-state index in [0.717, 1.165) is 43.9 Å². The molecule has 6 nitrogen and oxygen atoms in total. The molecule has 150 valence electrons. The van der Waals surface area contributed by atoms with Gasteiger partial charge in [-0.1, -0.05) is 26.0 Å². The van der Waals surface area contributed by atoms with Crippen LogP contribution in [0.4, 0.5) is 5.69 Å². The van der Waals surface area contributed by atoms with Gasteiger partial charge in [0.25, 0.3) is 5.91 Å². The molecule has 6 heteroatoms. The quantitative estimate of drug-likeness (QED) is 0.646. The highest BCUT2D eigenvalue weighted by Crippen LogP contribution is 2.31. The van der Waals surface area contributed by atoms with Crippen LogP contribution in [-0.4, -0.2) is 55.5 Å². The summed E-state index contributed by atoms with van der Waals surface area (Å²) in [6.45, 7) is 10.2. The van der Waals surface area contributed by atoms with E-state index in [1.165, 1.54) is 0 Å². The molecule has 0 spiro atoms. The molecule has 0 aromatic heterocycles. The van der Waals surface area contributed by atoms with E-state index >= 15 is 0 Å². The summed E-state index contributed by atoms with van der Waals surface area (Å²) in [4.78, 5) is 28.4. The molecule has 0 radical (unpaired) electrons. The number of nitrogens with one attached hydrogen (secondary N) is 1. The number of carbonyl (C=O) groups excluding carboxylic acids is 2. The van der Waals surface area contributed by atoms with Gasteiger partial charge in [-0.3, -0.25) is 9.59 Å². The largest absolute Gasteiger partial charge is 0.482 e. The standard InChI is InChI=1S/C21H33N3O3/c1-4-23(5-2)14-8-10-17(3)22-20(25)13-9-15-24-18-11-6-7-12-19(18)27-16-21(24)26/h6-7,11-12,17H,4-5,8-10,13-16H2,1-3H3,(H,22,25)/t17-/m1/s1. The number of nitrogens with zero attached hydrogens (tertiary/aromatic N) is 2. The van der Waals surface area contributed by atoms with Crippen molar-refractivity contribution in [1.82, 2.24) is 10.2 Å². The Hall–Kier alpha value is -2.08. The molecule has 0 saturated carbocycles. The fourth-order valence-electron chi connectivity index (χ4n) is 3.38. The van der Waals surface area contributed by atoms with Crippen molar-refractivity contribution in [2.24, 2.45) is 0 Å². The van der Waals surface area contributed by atoms with Crippen molar-refractivity contribution in [3.05, 3.63) is 24.3 Å². The van der Waals surface area contributed by atoms with Crippen molar-refractivity contribution in [3.63, 3.8) is 0 Å². The van der Waals surface area contributed by atoms with Gasteiger partial charge in [0.05, 0.1) is 5.69 Å². The van der Waals surface area contributed by atoms with E-state index in [9.17, 15) is 9.59 Å². The first-order valence-corrected chi connectivity index (χ1v) is 10.1. The van der Waals surface area contributed by atoms with Crippen molar-refractivity contribution in [2.75, 3.05) is 37.7 Å². The zero-order valence-electron chi connectivity index (χ0n) is 16.9. The van der Waals surface area contributed by atoms with Gasteiger partial charge in [-0.05, 0) is 58.0 Å². The van der Waals surface area contributed by atoms with E-state index in [-0.39, 0.29) is 24.5 Å². The van der Waals surface area contributed by atoms with E-state index in [0.29, 0.717) is 19.4 Å². The van der Waals surface area contributed by atoms with Gasteiger partial charge in [-0.15, -0.1) is 0 Å². The molecule has 1 aliphatic heterocycles. The molecular weight excluding hydrogens is 342 g/mol. The molecule has 0 aliphatic carbocycles. The van der Waals surface area contributed by atoms with E-state index < -0.39 is 0 Å². The summed E-state index contributed by atoms with van der Waals surface area (Å²) >= 11 is 0. The van der Waals surface area contributed by atoms with Crippen LogP contribution in [0.1, 0.15) is 46.5 Å². The van der Waals surface area contributed by atoms with Gasteiger partial charge in [0.1, 0.15) is 5.75 Å².